The van der Waals surface area contributed by atoms with Crippen molar-refractivity contribution in [3.05, 3.63) is 18.2 Å². The Labute approximate surface area is 125 Å². The van der Waals surface area contributed by atoms with E-state index in [-0.39, 0.29) is 10.8 Å². The van der Waals surface area contributed by atoms with Gasteiger partial charge in [0.15, 0.2) is 0 Å². The van der Waals surface area contributed by atoms with E-state index in [0.29, 0.717) is 31.1 Å². The van der Waals surface area contributed by atoms with Crippen molar-refractivity contribution in [3.8, 4) is 5.75 Å². The van der Waals surface area contributed by atoms with Crippen molar-refractivity contribution in [2.75, 3.05) is 39.6 Å². The molecule has 0 saturated carbocycles. The number of hydrogen-bond acceptors (Lipinski definition) is 5. The van der Waals surface area contributed by atoms with Crippen molar-refractivity contribution in [1.82, 2.24) is 4.31 Å². The Morgan fingerprint density at radius 2 is 2.14 bits per heavy atom. The van der Waals surface area contributed by atoms with E-state index >= 15 is 0 Å². The lowest BCUT2D eigenvalue weighted by molar-refractivity contribution is 0.118. The maximum absolute atomic E-state index is 12.8. The lowest BCUT2D eigenvalue weighted by atomic mass is 10.0. The number of piperidine rings is 1. The first-order valence-corrected chi connectivity index (χ1v) is 8.35. The van der Waals surface area contributed by atoms with Crippen LogP contribution in [0.2, 0.25) is 0 Å². The average molecular weight is 314 g/mol. The van der Waals surface area contributed by atoms with E-state index in [4.69, 9.17) is 15.2 Å². The van der Waals surface area contributed by atoms with Crippen LogP contribution in [0.25, 0.3) is 0 Å². The normalized spacial score (nSPS) is 20.4. The van der Waals surface area contributed by atoms with E-state index in [1.54, 1.807) is 19.2 Å². The first-order valence-electron chi connectivity index (χ1n) is 6.91. The van der Waals surface area contributed by atoms with Crippen LogP contribution in [0.4, 0.5) is 5.69 Å². The van der Waals surface area contributed by atoms with Gasteiger partial charge >= 0.3 is 0 Å². The van der Waals surface area contributed by atoms with Crippen LogP contribution in [-0.2, 0) is 14.8 Å². The fourth-order valence-electron chi connectivity index (χ4n) is 2.65. The van der Waals surface area contributed by atoms with Crippen molar-refractivity contribution in [1.29, 1.82) is 0 Å². The van der Waals surface area contributed by atoms with Crippen LogP contribution in [0.15, 0.2) is 23.1 Å². The molecule has 118 valence electrons. The van der Waals surface area contributed by atoms with E-state index in [0.717, 1.165) is 12.8 Å². The van der Waals surface area contributed by atoms with Crippen LogP contribution in [0.5, 0.6) is 5.75 Å². The fourth-order valence-corrected chi connectivity index (χ4v) is 4.40. The molecule has 0 radical (unpaired) electrons. The Morgan fingerprint density at radius 3 is 2.81 bits per heavy atom. The predicted molar refractivity (Wildman–Crippen MR) is 80.8 cm³/mol. The molecule has 0 aliphatic carbocycles. The lowest BCUT2D eigenvalue weighted by Crippen LogP contribution is -2.41. The van der Waals surface area contributed by atoms with Gasteiger partial charge < -0.3 is 15.2 Å². The van der Waals surface area contributed by atoms with E-state index < -0.39 is 10.0 Å². The molecule has 1 aromatic rings. The summed E-state index contributed by atoms with van der Waals surface area (Å²) in [6.07, 6.45) is 1.81. The standard InChI is InChI=1S/C14H22N2O4S/c1-19-10-11-4-3-7-16(9-11)21(17,18)14-8-12(15)5-6-13(14)20-2/h5-6,8,11H,3-4,7,9-10,15H2,1-2H3. The van der Waals surface area contributed by atoms with Gasteiger partial charge in [0.05, 0.1) is 13.7 Å². The number of nitrogens with two attached hydrogens (primary N) is 1. The number of benzene rings is 1. The molecule has 1 heterocycles. The molecule has 2 N–H and O–H groups in total. The Morgan fingerprint density at radius 1 is 1.38 bits per heavy atom. The van der Waals surface area contributed by atoms with Crippen molar-refractivity contribution < 1.29 is 17.9 Å². The average Bonchev–Trinajstić information content (AvgIpc) is 2.48. The van der Waals surface area contributed by atoms with Crippen molar-refractivity contribution >= 4 is 15.7 Å². The highest BCUT2D eigenvalue weighted by Gasteiger charge is 2.32. The van der Waals surface area contributed by atoms with E-state index in [1.165, 1.54) is 17.5 Å². The van der Waals surface area contributed by atoms with Gasteiger partial charge in [0.25, 0.3) is 0 Å². The van der Waals surface area contributed by atoms with Crippen LogP contribution in [0.1, 0.15) is 12.8 Å². The van der Waals surface area contributed by atoms with Gasteiger partial charge in [-0.25, -0.2) is 8.42 Å². The molecule has 6 nitrogen and oxygen atoms in total. The van der Waals surface area contributed by atoms with Gasteiger partial charge in [0, 0.05) is 25.9 Å². The molecule has 0 amide bonds. The van der Waals surface area contributed by atoms with Crippen LogP contribution < -0.4 is 10.5 Å². The van der Waals surface area contributed by atoms with E-state index in [1.807, 2.05) is 0 Å². The summed E-state index contributed by atoms with van der Waals surface area (Å²) in [7, 11) is -0.520. The summed E-state index contributed by atoms with van der Waals surface area (Å²) in [4.78, 5) is 0.128. The van der Waals surface area contributed by atoms with E-state index in [9.17, 15) is 8.42 Å². The summed E-state index contributed by atoms with van der Waals surface area (Å²) in [6.45, 7) is 1.55. The molecular formula is C14H22N2O4S. The Bertz CT molecular complexity index is 587. The van der Waals surface area contributed by atoms with Gasteiger partial charge in [-0.05, 0) is 37.0 Å². The molecule has 0 spiro atoms. The predicted octanol–water partition coefficient (Wildman–Crippen LogP) is 1.32. The summed E-state index contributed by atoms with van der Waals surface area (Å²) in [5, 5.41) is 0. The first kappa shape index (κ1) is 16.1. The molecule has 7 heteroatoms. The minimum atomic E-state index is -3.61. The van der Waals surface area contributed by atoms with Gasteiger partial charge in [-0.3, -0.25) is 0 Å². The third-order valence-corrected chi connectivity index (χ3v) is 5.58. The smallest absolute Gasteiger partial charge is 0.246 e. The van der Waals surface area contributed by atoms with Crippen molar-refractivity contribution in [3.63, 3.8) is 0 Å². The Kier molecular flexibility index (Phi) is 5.08. The zero-order valence-corrected chi connectivity index (χ0v) is 13.2. The van der Waals surface area contributed by atoms with Crippen molar-refractivity contribution in [2.24, 2.45) is 5.92 Å². The Hall–Kier alpha value is -1.31. The molecule has 1 aliphatic heterocycles. The highest BCUT2D eigenvalue weighted by molar-refractivity contribution is 7.89. The number of nitrogen functional groups attached to an aromatic ring is 1. The quantitative estimate of drug-likeness (QED) is 0.829. The summed E-state index contributed by atoms with van der Waals surface area (Å²) in [5.41, 5.74) is 6.13. The molecule has 1 aliphatic rings. The minimum Gasteiger partial charge on any atom is -0.495 e. The molecule has 1 unspecified atom stereocenters. The second kappa shape index (κ2) is 6.64. The minimum absolute atomic E-state index is 0.128. The number of anilines is 1. The molecule has 0 aromatic heterocycles. The van der Waals surface area contributed by atoms with Gasteiger partial charge in [-0.2, -0.15) is 4.31 Å². The maximum atomic E-state index is 12.8. The number of hydrogen-bond donors (Lipinski definition) is 1. The molecule has 1 saturated heterocycles. The third kappa shape index (κ3) is 3.48. The van der Waals surface area contributed by atoms with Crippen molar-refractivity contribution in [2.45, 2.75) is 17.7 Å². The molecule has 0 bridgehead atoms. The molecular weight excluding hydrogens is 292 g/mol. The summed E-state index contributed by atoms with van der Waals surface area (Å²) in [5.74, 6) is 0.545. The monoisotopic (exact) mass is 314 g/mol. The number of ether oxygens (including phenoxy) is 2. The SMILES string of the molecule is COCC1CCCN(S(=O)(=O)c2cc(N)ccc2OC)C1. The summed E-state index contributed by atoms with van der Waals surface area (Å²) >= 11 is 0. The number of rotatable bonds is 5. The number of methoxy groups -OCH3 is 2. The highest BCUT2D eigenvalue weighted by atomic mass is 32.2. The van der Waals surface area contributed by atoms with E-state index in [2.05, 4.69) is 0 Å². The molecule has 21 heavy (non-hydrogen) atoms. The van der Waals surface area contributed by atoms with Gasteiger partial charge in [0.1, 0.15) is 10.6 Å². The topological polar surface area (TPSA) is 81.9 Å². The Balaban J connectivity index is 2.31. The second-order valence-corrected chi connectivity index (χ2v) is 7.14. The fraction of sp³-hybridized carbons (Fsp3) is 0.571. The largest absolute Gasteiger partial charge is 0.495 e. The molecule has 1 aromatic carbocycles. The van der Waals surface area contributed by atoms with Crippen LogP contribution in [0.3, 0.4) is 0 Å². The third-order valence-electron chi connectivity index (χ3n) is 3.69. The number of sulfonamides is 1. The van der Waals surface area contributed by atoms with Crippen LogP contribution in [0, 0.1) is 5.92 Å². The zero-order valence-electron chi connectivity index (χ0n) is 12.4. The van der Waals surface area contributed by atoms with Gasteiger partial charge in [0.2, 0.25) is 10.0 Å². The second-order valence-electron chi connectivity index (χ2n) is 5.24. The first-order chi connectivity index (χ1) is 9.98. The summed E-state index contributed by atoms with van der Waals surface area (Å²) in [6, 6.07) is 4.66. The highest BCUT2D eigenvalue weighted by Crippen LogP contribution is 2.31. The lowest BCUT2D eigenvalue weighted by Gasteiger charge is -2.31. The van der Waals surface area contributed by atoms with Gasteiger partial charge in [-0.1, -0.05) is 0 Å². The molecule has 2 rings (SSSR count). The summed E-state index contributed by atoms with van der Waals surface area (Å²) < 4.78 is 37.4. The van der Waals surface area contributed by atoms with Crippen LogP contribution in [-0.4, -0.2) is 46.6 Å². The zero-order chi connectivity index (χ0) is 15.5. The number of nitrogens with zero attached hydrogens (tertiary/aromatic N) is 1. The molecule has 1 atom stereocenters. The van der Waals surface area contributed by atoms with Crippen LogP contribution >= 0.6 is 0 Å². The van der Waals surface area contributed by atoms with Gasteiger partial charge in [-0.15, -0.1) is 0 Å². The maximum Gasteiger partial charge on any atom is 0.246 e. The molecule has 1 fully saturated rings.